The Balaban J connectivity index is 0.000000511. The number of hydrogen-bond acceptors (Lipinski definition) is 1. The molecule has 0 fully saturated rings. The molecule has 25 heavy (non-hydrogen) atoms. The number of benzene rings is 3. The quantitative estimate of drug-likeness (QED) is 0.623. The van der Waals surface area contributed by atoms with Crippen LogP contribution in [-0.4, -0.2) is 0 Å². The second-order valence-corrected chi connectivity index (χ2v) is 9.82. The molecule has 0 saturated carbocycles. The summed E-state index contributed by atoms with van der Waals surface area (Å²) in [6.45, 7) is 4.36. The first kappa shape index (κ1) is 19.4. The summed E-state index contributed by atoms with van der Waals surface area (Å²) in [5.41, 5.74) is 8.32. The molecule has 3 aromatic carbocycles. The first-order chi connectivity index (χ1) is 12.2. The van der Waals surface area contributed by atoms with Gasteiger partial charge in [0, 0.05) is 0 Å². The van der Waals surface area contributed by atoms with Gasteiger partial charge in [0.15, 0.2) is 0 Å². The molecule has 3 aromatic rings. The van der Waals surface area contributed by atoms with Crippen molar-refractivity contribution in [2.24, 2.45) is 5.50 Å². The van der Waals surface area contributed by atoms with Gasteiger partial charge in [0.05, 0.1) is 0 Å². The average molecular weight is 351 g/mol. The summed E-state index contributed by atoms with van der Waals surface area (Å²) in [6, 6.07) is 31.6. The third kappa shape index (κ3) is 5.53. The topological polar surface area (TPSA) is 26.0 Å². The molecular formula is C23H30NP. The van der Waals surface area contributed by atoms with Crippen LogP contribution in [0.4, 0.5) is 0 Å². The Morgan fingerprint density at radius 2 is 0.960 bits per heavy atom. The van der Waals surface area contributed by atoms with E-state index in [-0.39, 0.29) is 0 Å². The van der Waals surface area contributed by atoms with E-state index in [1.54, 1.807) is 0 Å². The van der Waals surface area contributed by atoms with E-state index in [1.807, 2.05) is 18.2 Å². The second-order valence-electron chi connectivity index (χ2n) is 6.37. The van der Waals surface area contributed by atoms with Crippen LogP contribution in [0.1, 0.15) is 32.3 Å². The van der Waals surface area contributed by atoms with Gasteiger partial charge in [0.1, 0.15) is 0 Å². The Bertz CT molecular complexity index is 669. The van der Waals surface area contributed by atoms with Crippen LogP contribution in [0.3, 0.4) is 0 Å². The molecular weight excluding hydrogens is 321 g/mol. The van der Waals surface area contributed by atoms with E-state index in [1.165, 1.54) is 29.0 Å². The third-order valence-corrected chi connectivity index (χ3v) is 8.10. The van der Waals surface area contributed by atoms with Crippen molar-refractivity contribution in [3.63, 3.8) is 0 Å². The van der Waals surface area contributed by atoms with Gasteiger partial charge < -0.3 is 0 Å². The molecule has 0 atom stereocenters. The second kappa shape index (κ2) is 10.1. The van der Waals surface area contributed by atoms with Crippen LogP contribution in [0.15, 0.2) is 91.0 Å². The molecule has 0 bridgehead atoms. The van der Waals surface area contributed by atoms with Gasteiger partial charge in [-0.1, -0.05) is 26.7 Å². The number of nitrogens with two attached hydrogens (primary N) is 1. The molecule has 132 valence electrons. The van der Waals surface area contributed by atoms with E-state index in [0.717, 1.165) is 6.16 Å². The zero-order chi connectivity index (χ0) is 18.0. The van der Waals surface area contributed by atoms with Crippen molar-refractivity contribution < 1.29 is 0 Å². The molecule has 0 heterocycles. The molecule has 0 radical (unpaired) electrons. The van der Waals surface area contributed by atoms with Crippen molar-refractivity contribution in [2.75, 3.05) is 0 Å². The molecule has 0 spiro atoms. The standard InChI is InChI=1S/C19H20NP.C4H10/c20-21(18-12-6-2-7-13-18,19-14-8-3-9-15-19)16-17-10-4-1-5-11-17;1-3-4-2/h1-15,21H,16,20H2;3-4H2,1-2H3. The van der Waals surface area contributed by atoms with Crippen LogP contribution in [0.5, 0.6) is 0 Å². The molecule has 0 aliphatic rings. The Morgan fingerprint density at radius 3 is 1.32 bits per heavy atom. The molecule has 0 aliphatic heterocycles. The van der Waals surface area contributed by atoms with Crippen LogP contribution < -0.4 is 16.1 Å². The van der Waals surface area contributed by atoms with Crippen molar-refractivity contribution >= 4 is 18.0 Å². The summed E-state index contributed by atoms with van der Waals surface area (Å²) in [5, 5.41) is 2.56. The molecule has 0 saturated heterocycles. The first-order valence-electron chi connectivity index (χ1n) is 9.14. The Labute approximate surface area is 153 Å². The number of unbranched alkanes of at least 4 members (excludes halogenated alkanes) is 1. The first-order valence-corrected chi connectivity index (χ1v) is 11.4. The fourth-order valence-electron chi connectivity index (χ4n) is 2.76. The maximum atomic E-state index is 7.01. The molecule has 3 rings (SSSR count). The van der Waals surface area contributed by atoms with E-state index >= 15 is 0 Å². The molecule has 1 nitrogen and oxygen atoms in total. The fourth-order valence-corrected chi connectivity index (χ4v) is 5.96. The summed E-state index contributed by atoms with van der Waals surface area (Å²) in [4.78, 5) is 0. The van der Waals surface area contributed by atoms with E-state index in [4.69, 9.17) is 5.50 Å². The van der Waals surface area contributed by atoms with Crippen LogP contribution in [-0.2, 0) is 6.16 Å². The summed E-state index contributed by atoms with van der Waals surface area (Å²) in [6.07, 6.45) is 3.56. The van der Waals surface area contributed by atoms with Crippen molar-refractivity contribution in [3.05, 3.63) is 96.6 Å². The van der Waals surface area contributed by atoms with Crippen LogP contribution >= 0.6 is 7.41 Å². The van der Waals surface area contributed by atoms with Crippen molar-refractivity contribution in [1.29, 1.82) is 0 Å². The molecule has 0 amide bonds. The Morgan fingerprint density at radius 1 is 0.600 bits per heavy atom. The van der Waals surface area contributed by atoms with Gasteiger partial charge in [0.25, 0.3) is 0 Å². The van der Waals surface area contributed by atoms with Gasteiger partial charge in [-0.25, -0.2) is 0 Å². The SMILES string of the molecule is CCCC.N[PH](Cc1ccccc1)(c1ccccc1)c1ccccc1. The minimum atomic E-state index is -2.24. The summed E-state index contributed by atoms with van der Waals surface area (Å²) in [7, 11) is -2.24. The monoisotopic (exact) mass is 351 g/mol. The van der Waals surface area contributed by atoms with Crippen LogP contribution in [0.25, 0.3) is 0 Å². The van der Waals surface area contributed by atoms with Crippen molar-refractivity contribution in [2.45, 2.75) is 32.9 Å². The van der Waals surface area contributed by atoms with Crippen LogP contribution in [0.2, 0.25) is 0 Å². The van der Waals surface area contributed by atoms with E-state index in [9.17, 15) is 0 Å². The molecule has 2 heteroatoms. The predicted octanol–water partition coefficient (Wildman–Crippen LogP) is 5.27. The molecule has 0 aromatic heterocycles. The van der Waals surface area contributed by atoms with E-state index in [0.29, 0.717) is 0 Å². The van der Waals surface area contributed by atoms with Gasteiger partial charge in [-0.2, -0.15) is 0 Å². The number of rotatable bonds is 5. The normalized spacial score (nSPS) is 11.3. The van der Waals surface area contributed by atoms with Gasteiger partial charge in [-0.15, -0.1) is 0 Å². The van der Waals surface area contributed by atoms with Gasteiger partial charge in [-0.3, -0.25) is 0 Å². The number of hydrogen-bond donors (Lipinski definition) is 1. The summed E-state index contributed by atoms with van der Waals surface area (Å²) >= 11 is 0. The van der Waals surface area contributed by atoms with Gasteiger partial charge in [0.2, 0.25) is 0 Å². The maximum absolute atomic E-state index is 7.01. The zero-order valence-electron chi connectivity index (χ0n) is 15.4. The van der Waals surface area contributed by atoms with Crippen LogP contribution in [0, 0.1) is 0 Å². The van der Waals surface area contributed by atoms with Gasteiger partial charge in [-0.05, 0) is 0 Å². The molecule has 0 unspecified atom stereocenters. The summed E-state index contributed by atoms with van der Waals surface area (Å²) < 4.78 is 0. The Kier molecular flexibility index (Phi) is 7.85. The average Bonchev–Trinajstić information content (AvgIpc) is 2.70. The zero-order valence-corrected chi connectivity index (χ0v) is 16.4. The van der Waals surface area contributed by atoms with E-state index < -0.39 is 7.41 Å². The molecule has 2 N–H and O–H groups in total. The third-order valence-electron chi connectivity index (χ3n) is 4.40. The minimum absolute atomic E-state index is 0.919. The summed E-state index contributed by atoms with van der Waals surface area (Å²) in [5.74, 6) is 0. The molecule has 0 aliphatic carbocycles. The fraction of sp³-hybridized carbons (Fsp3) is 0.217. The van der Waals surface area contributed by atoms with Crippen molar-refractivity contribution in [1.82, 2.24) is 0 Å². The van der Waals surface area contributed by atoms with E-state index in [2.05, 4.69) is 86.6 Å². The predicted molar refractivity (Wildman–Crippen MR) is 115 cm³/mol. The van der Waals surface area contributed by atoms with Crippen molar-refractivity contribution in [3.8, 4) is 0 Å². The Hall–Kier alpha value is -1.95. The van der Waals surface area contributed by atoms with Gasteiger partial charge >= 0.3 is 126 Å².